The molecule has 3 aliphatic rings. The minimum absolute atomic E-state index is 0.00254. The first-order chi connectivity index (χ1) is 23.1. The van der Waals surface area contributed by atoms with E-state index in [1.54, 1.807) is 0 Å². The van der Waals surface area contributed by atoms with Gasteiger partial charge in [-0.1, -0.05) is 5.16 Å². The molecular weight excluding hydrogens is 684 g/mol. The second-order valence-corrected chi connectivity index (χ2v) is 14.3. The number of nitrogens with two attached hydrogens (primary N) is 1. The number of nitrogens with zero attached hydrogens (tertiary/aromatic N) is 5. The Morgan fingerprint density at radius 3 is 2.51 bits per heavy atom. The van der Waals surface area contributed by atoms with Crippen LogP contribution in [0.3, 0.4) is 0 Å². The average Bonchev–Trinajstić information content (AvgIpc) is 3.69. The van der Waals surface area contributed by atoms with Gasteiger partial charge in [-0.25, -0.2) is 14.6 Å². The van der Waals surface area contributed by atoms with Crippen LogP contribution in [-0.2, 0) is 24.0 Å². The Morgan fingerprint density at radius 2 is 1.90 bits per heavy atom. The van der Waals surface area contributed by atoms with Crippen molar-refractivity contribution in [3.05, 3.63) is 56.6 Å². The topological polar surface area (TPSA) is 256 Å². The summed E-state index contributed by atoms with van der Waals surface area (Å²) in [6.45, 7) is 4.99. The third-order valence-electron chi connectivity index (χ3n) is 8.46. The first-order valence-corrected chi connectivity index (χ1v) is 17.0. The molecule has 5 rings (SSSR count). The smallest absolute Gasteiger partial charge is 0.352 e. The molecule has 262 valence electrons. The Hall–Kier alpha value is -4.95. The average molecular weight is 720 g/mol. The maximum absolute atomic E-state index is 13.4. The molecule has 0 radical (unpaired) electrons. The fraction of sp³-hybridized carbons (Fsp3) is 0.448. The zero-order valence-electron chi connectivity index (χ0n) is 26.5. The molecule has 2 fully saturated rings. The fourth-order valence-corrected chi connectivity index (χ4v) is 7.69. The van der Waals surface area contributed by atoms with Crippen LogP contribution in [0.4, 0.5) is 5.13 Å². The van der Waals surface area contributed by atoms with Gasteiger partial charge in [0, 0.05) is 35.6 Å². The molecule has 49 heavy (non-hydrogen) atoms. The number of aliphatic carboxylic acids is 2. The van der Waals surface area contributed by atoms with E-state index >= 15 is 0 Å². The number of hydrogen-bond acceptors (Lipinski definition) is 13. The van der Waals surface area contributed by atoms with E-state index in [0.717, 1.165) is 54.4 Å². The van der Waals surface area contributed by atoms with E-state index in [2.05, 4.69) is 20.8 Å². The summed E-state index contributed by atoms with van der Waals surface area (Å²) >= 11 is 2.31. The van der Waals surface area contributed by atoms with E-state index in [-0.39, 0.29) is 34.4 Å². The Balaban J connectivity index is 1.29. The van der Waals surface area contributed by atoms with E-state index in [9.17, 15) is 44.2 Å². The highest BCUT2D eigenvalue weighted by atomic mass is 32.2. The number of carboxylic acids is 2. The predicted molar refractivity (Wildman–Crippen MR) is 175 cm³/mol. The molecule has 5 heterocycles. The highest BCUT2D eigenvalue weighted by molar-refractivity contribution is 8.00. The monoisotopic (exact) mass is 719 g/mol. The lowest BCUT2D eigenvalue weighted by Gasteiger charge is -2.50. The van der Waals surface area contributed by atoms with Gasteiger partial charge >= 0.3 is 11.9 Å². The minimum atomic E-state index is -1.79. The number of likely N-dealkylation sites (tertiary alicyclic amines) is 1. The number of hydrogen-bond donors (Lipinski definition) is 6. The number of carbonyl (C=O) groups excluding carboxylic acids is 3. The van der Waals surface area contributed by atoms with Crippen molar-refractivity contribution in [3.8, 4) is 0 Å². The summed E-state index contributed by atoms with van der Waals surface area (Å²) in [7, 11) is 0. The molecule has 2 aromatic heterocycles. The van der Waals surface area contributed by atoms with Crippen LogP contribution in [0.25, 0.3) is 0 Å². The number of oxime groups is 1. The molecule has 18 nitrogen and oxygen atoms in total. The standard InChI is InChI=1S/C29H34N8O10S2/c1-29(2,27(44)45)47-34-19(17-14-49-28(30)32-17)23(40)33-20-24(41)36-21(26(42)43)16(13-48-25(20)36)12-37(8-3-4-9-37)10-7-31-22(39)15-5-6-18(38)35(46)11-15/h5-6,11,14,20,25,46H,3-4,7-10,12-13H2,1-2H3,(H5-,30,31,32,33,39,40,42,43,44,45)/p+1/b34-19-/t20-,25-/m1/s1. The molecule has 0 unspecified atom stereocenters. The van der Waals surface area contributed by atoms with Crippen molar-refractivity contribution in [1.29, 1.82) is 0 Å². The lowest BCUT2D eigenvalue weighted by atomic mass is 10.0. The summed E-state index contributed by atoms with van der Waals surface area (Å²) in [6.07, 6.45) is 2.81. The fourth-order valence-electron chi connectivity index (χ4n) is 5.80. The van der Waals surface area contributed by atoms with Gasteiger partial charge in [-0.15, -0.1) is 23.1 Å². The van der Waals surface area contributed by atoms with E-state index in [4.69, 9.17) is 10.6 Å². The number of thioether (sulfide) groups is 1. The molecule has 2 saturated heterocycles. The number of pyridine rings is 1. The zero-order valence-corrected chi connectivity index (χ0v) is 28.1. The van der Waals surface area contributed by atoms with Crippen molar-refractivity contribution in [3.63, 3.8) is 0 Å². The molecule has 3 aliphatic heterocycles. The lowest BCUT2D eigenvalue weighted by molar-refractivity contribution is -0.911. The SMILES string of the molecule is CC(C)(O/N=C(\C(=O)N[C@@H]1C(=O)N2C(C(=O)O)=C(C[N+]3(CCNC(=O)c4ccc(=O)n(O)c4)CCCC3)CS[C@H]12)c1csc(N)n1)C(=O)O. The number of carbonyl (C=O) groups is 5. The molecular formula is C29H35N8O10S2+. The van der Waals surface area contributed by atoms with Crippen molar-refractivity contribution >= 4 is 63.6 Å². The van der Waals surface area contributed by atoms with Crippen molar-refractivity contribution in [2.24, 2.45) is 5.16 Å². The minimum Gasteiger partial charge on any atom is -0.478 e. The first kappa shape index (κ1) is 35.4. The van der Waals surface area contributed by atoms with Crippen LogP contribution < -0.4 is 21.9 Å². The molecule has 0 spiro atoms. The summed E-state index contributed by atoms with van der Waals surface area (Å²) in [4.78, 5) is 85.3. The third kappa shape index (κ3) is 7.39. The number of β-lactam (4-membered cyclic amide) rings is 1. The van der Waals surface area contributed by atoms with Gasteiger partial charge in [-0.2, -0.15) is 4.73 Å². The van der Waals surface area contributed by atoms with E-state index in [1.165, 1.54) is 37.1 Å². The maximum atomic E-state index is 13.4. The van der Waals surface area contributed by atoms with Gasteiger partial charge in [0.1, 0.15) is 29.4 Å². The van der Waals surface area contributed by atoms with Crippen molar-refractivity contribution in [2.45, 2.75) is 43.7 Å². The molecule has 20 heteroatoms. The molecule has 0 saturated carbocycles. The van der Waals surface area contributed by atoms with Crippen LogP contribution >= 0.6 is 23.1 Å². The molecule has 7 N–H and O–H groups in total. The van der Waals surface area contributed by atoms with E-state index in [0.29, 0.717) is 27.9 Å². The van der Waals surface area contributed by atoms with Gasteiger partial charge in [-0.05, 0) is 19.9 Å². The number of anilines is 1. The molecule has 0 bridgehead atoms. The first-order valence-electron chi connectivity index (χ1n) is 15.1. The van der Waals surface area contributed by atoms with Gasteiger partial charge in [0.05, 0.1) is 37.9 Å². The Morgan fingerprint density at radius 1 is 1.18 bits per heavy atom. The van der Waals surface area contributed by atoms with Crippen LogP contribution in [0.1, 0.15) is 42.7 Å². The summed E-state index contributed by atoms with van der Waals surface area (Å²) < 4.78 is 0.814. The number of amides is 3. The Kier molecular flexibility index (Phi) is 10.0. The van der Waals surface area contributed by atoms with Crippen LogP contribution in [0.2, 0.25) is 0 Å². The number of thiazole rings is 1. The zero-order chi connectivity index (χ0) is 35.7. The quantitative estimate of drug-likeness (QED) is 0.0502. The van der Waals surface area contributed by atoms with Gasteiger partial charge in [-0.3, -0.25) is 24.1 Å². The molecule has 3 amide bonds. The molecule has 0 aromatic carbocycles. The van der Waals surface area contributed by atoms with Gasteiger partial charge < -0.3 is 41.1 Å². The molecule has 0 aliphatic carbocycles. The summed E-state index contributed by atoms with van der Waals surface area (Å²) in [5.41, 5.74) is 3.35. The summed E-state index contributed by atoms with van der Waals surface area (Å²) in [5.74, 6) is -4.37. The Bertz CT molecular complexity index is 1810. The van der Waals surface area contributed by atoms with Gasteiger partial charge in [0.2, 0.25) is 5.60 Å². The van der Waals surface area contributed by atoms with Gasteiger partial charge in [0.15, 0.2) is 10.8 Å². The second-order valence-electron chi connectivity index (χ2n) is 12.3. The van der Waals surface area contributed by atoms with E-state index in [1.807, 2.05) is 0 Å². The molecule has 2 aromatic rings. The lowest BCUT2D eigenvalue weighted by Crippen LogP contribution is -2.71. The largest absolute Gasteiger partial charge is 0.478 e. The van der Waals surface area contributed by atoms with Crippen molar-refractivity contribution in [1.82, 2.24) is 25.2 Å². The van der Waals surface area contributed by atoms with Crippen LogP contribution in [0, 0.1) is 0 Å². The summed E-state index contributed by atoms with van der Waals surface area (Å²) in [5, 5.41) is 39.1. The van der Waals surface area contributed by atoms with Crippen molar-refractivity contribution in [2.75, 3.05) is 44.2 Å². The summed E-state index contributed by atoms with van der Waals surface area (Å²) in [6, 6.07) is 1.27. The van der Waals surface area contributed by atoms with Crippen molar-refractivity contribution < 1.29 is 48.7 Å². The highest BCUT2D eigenvalue weighted by Gasteiger charge is 2.55. The highest BCUT2D eigenvalue weighted by Crippen LogP contribution is 2.41. The number of nitrogens with one attached hydrogen (secondary N) is 2. The van der Waals surface area contributed by atoms with E-state index < -0.39 is 57.9 Å². The van der Waals surface area contributed by atoms with Crippen LogP contribution in [0.15, 0.2) is 44.9 Å². The number of aromatic nitrogens is 2. The number of carboxylic acid groups (broad SMARTS) is 2. The molecule has 2 atom stereocenters. The number of fused-ring (bicyclic) bond motifs is 1. The number of nitrogen functional groups attached to an aromatic ring is 1. The Labute approximate surface area is 286 Å². The second kappa shape index (κ2) is 13.9. The normalized spacial score (nSPS) is 20.3. The number of rotatable bonds is 13. The predicted octanol–water partition coefficient (Wildman–Crippen LogP) is -0.513. The number of quaternary nitrogens is 1. The third-order valence-corrected chi connectivity index (χ3v) is 10.5. The van der Waals surface area contributed by atoms with Crippen LogP contribution in [-0.4, -0.2) is 125 Å². The van der Waals surface area contributed by atoms with Crippen LogP contribution in [0.5, 0.6) is 0 Å². The maximum Gasteiger partial charge on any atom is 0.352 e. The van der Waals surface area contributed by atoms with Gasteiger partial charge in [0.25, 0.3) is 23.3 Å².